The van der Waals surface area contributed by atoms with Crippen molar-refractivity contribution in [2.45, 2.75) is 69.5 Å². The first-order valence-electron chi connectivity index (χ1n) is 22.2. The molecule has 0 saturated heterocycles. The van der Waals surface area contributed by atoms with Gasteiger partial charge in [-0.3, -0.25) is 24.0 Å². The first-order valence-corrected chi connectivity index (χ1v) is 23.1. The van der Waals surface area contributed by atoms with E-state index in [2.05, 4.69) is 16.0 Å². The summed E-state index contributed by atoms with van der Waals surface area (Å²) in [5, 5.41) is 20.7. The van der Waals surface area contributed by atoms with Gasteiger partial charge in [-0.05, 0) is 82.6 Å². The lowest BCUT2D eigenvalue weighted by Gasteiger charge is -2.26. The molecule has 5 aromatic carbocycles. The fourth-order valence-corrected chi connectivity index (χ4v) is 8.94. The molecule has 4 N–H and O–H groups in total. The Balaban J connectivity index is 1.22. The van der Waals surface area contributed by atoms with Gasteiger partial charge in [-0.25, -0.2) is 4.79 Å². The molecule has 0 unspecified atom stereocenters. The van der Waals surface area contributed by atoms with Crippen molar-refractivity contribution in [1.29, 1.82) is 0 Å². The Morgan fingerprint density at radius 1 is 0.652 bits per heavy atom. The van der Waals surface area contributed by atoms with E-state index in [4.69, 9.17) is 4.74 Å². The molecule has 3 heterocycles. The molecule has 2 bridgehead atoms. The number of fused-ring (bicyclic) bond motifs is 16. The van der Waals surface area contributed by atoms with Crippen molar-refractivity contribution in [3.8, 4) is 16.9 Å². The molecule has 0 radical (unpaired) electrons. The average Bonchev–Trinajstić information content (AvgIpc) is 3.85. The van der Waals surface area contributed by atoms with E-state index >= 15 is 0 Å². The van der Waals surface area contributed by atoms with Gasteiger partial charge < -0.3 is 25.8 Å². The fourth-order valence-electron chi connectivity index (χ4n) is 8.16. The van der Waals surface area contributed by atoms with E-state index in [1.807, 2.05) is 109 Å². The van der Waals surface area contributed by atoms with Crippen LogP contribution in [0.2, 0.25) is 0 Å². The van der Waals surface area contributed by atoms with Crippen molar-refractivity contribution in [1.82, 2.24) is 16.0 Å². The highest BCUT2D eigenvalue weighted by Gasteiger charge is 2.34. The van der Waals surface area contributed by atoms with Crippen LogP contribution in [0.4, 0.5) is 0 Å². The number of carboxylic acids is 1. The molecule has 3 amide bonds. The molecule has 6 aromatic rings. The minimum absolute atomic E-state index is 0.0272. The third-order valence-electron chi connectivity index (χ3n) is 11.8. The quantitative estimate of drug-likeness (QED) is 0.0931. The van der Waals surface area contributed by atoms with E-state index in [9.17, 15) is 33.9 Å². The molecule has 338 valence electrons. The lowest BCUT2D eigenvalue weighted by atomic mass is 9.89. The number of carbonyl (C=O) groups excluding carboxylic acids is 5. The minimum atomic E-state index is -1.27. The van der Waals surface area contributed by atoms with E-state index in [0.717, 1.165) is 27.1 Å². The van der Waals surface area contributed by atoms with E-state index in [0.29, 0.717) is 23.3 Å². The molecule has 5 atom stereocenters. The molecule has 2 aliphatic heterocycles. The Morgan fingerprint density at radius 2 is 1.29 bits per heavy atom. The van der Waals surface area contributed by atoms with Crippen LogP contribution in [0, 0.1) is 11.8 Å². The molecular weight excluding hydrogens is 851 g/mol. The van der Waals surface area contributed by atoms with Crippen molar-refractivity contribution in [3.63, 3.8) is 0 Å². The number of thiophene rings is 1. The molecule has 12 heteroatoms. The van der Waals surface area contributed by atoms with Gasteiger partial charge in [0.25, 0.3) is 0 Å². The highest BCUT2D eigenvalue weighted by Crippen LogP contribution is 2.24. The van der Waals surface area contributed by atoms with Gasteiger partial charge in [-0.15, -0.1) is 11.3 Å². The summed E-state index contributed by atoms with van der Waals surface area (Å²) in [4.78, 5) is 85.0. The average molecular weight is 904 g/mol. The van der Waals surface area contributed by atoms with E-state index in [1.165, 1.54) is 11.3 Å². The minimum Gasteiger partial charge on any atom is -0.486 e. The largest absolute Gasteiger partial charge is 0.486 e. The van der Waals surface area contributed by atoms with Crippen molar-refractivity contribution >= 4 is 46.6 Å². The summed E-state index contributed by atoms with van der Waals surface area (Å²) in [7, 11) is 0. The standard InChI is InChI=1S/C54H53N3O8S/c58-44-32-43(33-46-17-10-28-66-46)52(61)56-48(30-39-18-23-41(24-19-39)40-15-8-3-9-16-40)53(62)55-47(27-22-36-11-4-1-5-12-36)50(59)34-42(29-38-20-25-45(26-21-38)65-35-44)51(60)57-49(54(63)64)31-37-13-6-2-7-14-37/h1-21,23-26,28,42-43,47-49H,22,27,29-35H2,(H,55,62)(H,56,61)(H,57,60)(H,63,64)/t42-,43-,47-,48+,49+/m1/s1. The summed E-state index contributed by atoms with van der Waals surface area (Å²) in [5.74, 6) is -5.14. The van der Waals surface area contributed by atoms with Crippen molar-refractivity contribution in [3.05, 3.63) is 184 Å². The SMILES string of the molecule is O=C1COc2ccc(cc2)C[C@@H](C(=O)N[C@@H](Cc2ccccc2)C(=O)O)CC(=O)[C@@H](CCc2ccccc2)NC(=O)[C@H](Cc2ccc(-c3ccccc3)cc2)NC(=O)[C@@H](Cc2cccs2)C1. The van der Waals surface area contributed by atoms with Crippen LogP contribution >= 0.6 is 11.3 Å². The number of carbonyl (C=O) groups is 6. The Labute approximate surface area is 388 Å². The number of nitrogens with one attached hydrogen (secondary N) is 3. The summed E-state index contributed by atoms with van der Waals surface area (Å²) < 4.78 is 5.88. The van der Waals surface area contributed by atoms with Crippen LogP contribution in [0.25, 0.3) is 11.1 Å². The molecular formula is C54H53N3O8S. The number of amides is 3. The Kier molecular flexibility index (Phi) is 16.4. The lowest BCUT2D eigenvalue weighted by molar-refractivity contribution is -0.142. The van der Waals surface area contributed by atoms with E-state index < -0.39 is 59.4 Å². The third kappa shape index (κ3) is 13.7. The monoisotopic (exact) mass is 903 g/mol. The number of rotatable bonds is 13. The van der Waals surface area contributed by atoms with Gasteiger partial charge >= 0.3 is 5.97 Å². The normalized spacial score (nSPS) is 19.0. The molecule has 8 rings (SSSR count). The molecule has 11 nitrogen and oxygen atoms in total. The second kappa shape index (κ2) is 23.1. The number of aliphatic carboxylic acids is 1. The maximum absolute atomic E-state index is 14.7. The Hall–Kier alpha value is -7.18. The summed E-state index contributed by atoms with van der Waals surface area (Å²) in [5.41, 5.74) is 5.06. The number of hydrogen-bond donors (Lipinski definition) is 4. The van der Waals surface area contributed by atoms with Crippen LogP contribution in [-0.2, 0) is 60.9 Å². The van der Waals surface area contributed by atoms with Gasteiger partial charge in [0.15, 0.2) is 11.6 Å². The number of ketones is 2. The van der Waals surface area contributed by atoms with Crippen LogP contribution < -0.4 is 20.7 Å². The maximum Gasteiger partial charge on any atom is 0.326 e. The second-order valence-electron chi connectivity index (χ2n) is 16.7. The van der Waals surface area contributed by atoms with Crippen LogP contribution in [0.15, 0.2) is 157 Å². The van der Waals surface area contributed by atoms with E-state index in [-0.39, 0.29) is 57.3 Å². The summed E-state index contributed by atoms with van der Waals surface area (Å²) in [6, 6.07) is 43.1. The van der Waals surface area contributed by atoms with Gasteiger partial charge in [0.05, 0.1) is 6.04 Å². The number of Topliss-reactive ketones (excluding diaryl/α,β-unsaturated/α-hetero) is 2. The third-order valence-corrected chi connectivity index (χ3v) is 12.7. The summed E-state index contributed by atoms with van der Waals surface area (Å²) in [6.07, 6.45) is 0.566. The number of ether oxygens (including phenoxy) is 1. The first kappa shape index (κ1) is 46.8. The number of carboxylic acid groups (broad SMARTS) is 1. The Bertz CT molecular complexity index is 2550. The zero-order chi connectivity index (χ0) is 46.3. The van der Waals surface area contributed by atoms with Crippen molar-refractivity contribution in [2.24, 2.45) is 11.8 Å². The second-order valence-corrected chi connectivity index (χ2v) is 17.8. The highest BCUT2D eigenvalue weighted by molar-refractivity contribution is 7.09. The van der Waals surface area contributed by atoms with Gasteiger partial charge in [0.1, 0.15) is 24.4 Å². The first-order chi connectivity index (χ1) is 32.1. The molecule has 0 aliphatic carbocycles. The smallest absolute Gasteiger partial charge is 0.326 e. The van der Waals surface area contributed by atoms with Crippen molar-refractivity contribution < 1.29 is 38.6 Å². The molecule has 0 fully saturated rings. The highest BCUT2D eigenvalue weighted by atomic mass is 32.1. The number of hydrogen-bond acceptors (Lipinski definition) is 8. The molecule has 0 saturated carbocycles. The summed E-state index contributed by atoms with van der Waals surface area (Å²) in [6.45, 7) is -0.300. The zero-order valence-electron chi connectivity index (χ0n) is 36.5. The van der Waals surface area contributed by atoms with E-state index in [1.54, 1.807) is 48.5 Å². The van der Waals surface area contributed by atoms with Gasteiger partial charge in [0.2, 0.25) is 17.7 Å². The molecule has 0 spiro atoms. The van der Waals surface area contributed by atoms with Crippen molar-refractivity contribution in [2.75, 3.05) is 6.61 Å². The van der Waals surface area contributed by atoms with Gasteiger partial charge in [0, 0.05) is 42.4 Å². The topological polar surface area (TPSA) is 168 Å². The predicted octanol–water partition coefficient (Wildman–Crippen LogP) is 7.40. The fraction of sp³-hybridized carbons (Fsp3) is 0.259. The van der Waals surface area contributed by atoms with Crippen LogP contribution in [0.3, 0.4) is 0 Å². The molecule has 66 heavy (non-hydrogen) atoms. The van der Waals surface area contributed by atoms with Crippen LogP contribution in [0.1, 0.15) is 46.4 Å². The van der Waals surface area contributed by atoms with Crippen LogP contribution in [0.5, 0.6) is 5.75 Å². The Morgan fingerprint density at radius 3 is 1.94 bits per heavy atom. The number of benzene rings is 5. The number of aryl methyl sites for hydroxylation is 1. The molecule has 2 aliphatic rings. The lowest BCUT2D eigenvalue weighted by Crippen LogP contribution is -2.54. The zero-order valence-corrected chi connectivity index (χ0v) is 37.3. The maximum atomic E-state index is 14.7. The predicted molar refractivity (Wildman–Crippen MR) is 254 cm³/mol. The summed E-state index contributed by atoms with van der Waals surface area (Å²) >= 11 is 1.47. The van der Waals surface area contributed by atoms with Gasteiger partial charge in [-0.2, -0.15) is 0 Å². The van der Waals surface area contributed by atoms with Gasteiger partial charge in [-0.1, -0.05) is 133 Å². The van der Waals surface area contributed by atoms with Crippen LogP contribution in [-0.4, -0.2) is 65.1 Å². The molecule has 1 aromatic heterocycles.